The van der Waals surface area contributed by atoms with E-state index < -0.39 is 0 Å². The van der Waals surface area contributed by atoms with Crippen LogP contribution in [0.1, 0.15) is 29.3 Å². The SMILES string of the molecule is CN=C(NCc1ccc(OCCOC)cc1)NCC1CCCN(C)C1c1cccs1. The Morgan fingerprint density at radius 1 is 1.20 bits per heavy atom. The number of thiophene rings is 1. The maximum atomic E-state index is 5.62. The Morgan fingerprint density at radius 2 is 2.03 bits per heavy atom. The van der Waals surface area contributed by atoms with Crippen molar-refractivity contribution in [2.24, 2.45) is 10.9 Å². The Balaban J connectivity index is 1.48. The lowest BCUT2D eigenvalue weighted by atomic mass is 9.88. The van der Waals surface area contributed by atoms with E-state index in [1.165, 1.54) is 23.3 Å². The third kappa shape index (κ3) is 6.45. The van der Waals surface area contributed by atoms with Crippen molar-refractivity contribution in [2.75, 3.05) is 47.5 Å². The zero-order valence-electron chi connectivity index (χ0n) is 18.3. The molecular formula is C23H34N4O2S. The predicted octanol–water partition coefficient (Wildman–Crippen LogP) is 3.52. The van der Waals surface area contributed by atoms with Crippen LogP contribution in [0.2, 0.25) is 0 Å². The molecule has 0 aliphatic carbocycles. The van der Waals surface area contributed by atoms with E-state index in [-0.39, 0.29) is 0 Å². The van der Waals surface area contributed by atoms with Gasteiger partial charge in [-0.05, 0) is 61.5 Å². The lowest BCUT2D eigenvalue weighted by Crippen LogP contribution is -2.44. The number of likely N-dealkylation sites (tertiary alicyclic amines) is 1. The summed E-state index contributed by atoms with van der Waals surface area (Å²) < 4.78 is 10.6. The van der Waals surface area contributed by atoms with Crippen LogP contribution < -0.4 is 15.4 Å². The second-order valence-corrected chi connectivity index (χ2v) is 8.61. The molecule has 2 unspecified atom stereocenters. The molecule has 2 N–H and O–H groups in total. The number of guanidine groups is 1. The molecule has 7 heteroatoms. The number of rotatable bonds is 9. The Bertz CT molecular complexity index is 764. The molecule has 0 radical (unpaired) electrons. The van der Waals surface area contributed by atoms with E-state index in [0.717, 1.165) is 31.3 Å². The van der Waals surface area contributed by atoms with Crippen molar-refractivity contribution in [3.63, 3.8) is 0 Å². The molecule has 0 spiro atoms. The summed E-state index contributed by atoms with van der Waals surface area (Å²) in [7, 11) is 5.74. The van der Waals surface area contributed by atoms with Gasteiger partial charge in [-0.1, -0.05) is 18.2 Å². The van der Waals surface area contributed by atoms with Crippen LogP contribution in [-0.2, 0) is 11.3 Å². The molecule has 1 fully saturated rings. The Hall–Kier alpha value is -2.09. The van der Waals surface area contributed by atoms with Crippen molar-refractivity contribution in [3.05, 3.63) is 52.2 Å². The Morgan fingerprint density at radius 3 is 2.73 bits per heavy atom. The zero-order chi connectivity index (χ0) is 21.2. The van der Waals surface area contributed by atoms with Gasteiger partial charge in [0.2, 0.25) is 0 Å². The third-order valence-corrected chi connectivity index (χ3v) is 6.48. The first-order valence-corrected chi connectivity index (χ1v) is 11.5. The first-order valence-electron chi connectivity index (χ1n) is 10.6. The van der Waals surface area contributed by atoms with Crippen LogP contribution in [-0.4, -0.2) is 58.4 Å². The molecular weight excluding hydrogens is 396 g/mol. The van der Waals surface area contributed by atoms with Gasteiger partial charge in [0.15, 0.2) is 5.96 Å². The van der Waals surface area contributed by atoms with Crippen LogP contribution >= 0.6 is 11.3 Å². The van der Waals surface area contributed by atoms with Crippen molar-refractivity contribution in [2.45, 2.75) is 25.4 Å². The Labute approximate surface area is 184 Å². The van der Waals surface area contributed by atoms with Crippen LogP contribution in [0.3, 0.4) is 0 Å². The van der Waals surface area contributed by atoms with E-state index in [1.54, 1.807) is 7.11 Å². The number of nitrogens with one attached hydrogen (secondary N) is 2. The number of aliphatic imine (C=N–C) groups is 1. The van der Waals surface area contributed by atoms with Crippen LogP contribution in [0.4, 0.5) is 0 Å². The maximum absolute atomic E-state index is 5.62. The lowest BCUT2D eigenvalue weighted by Gasteiger charge is -2.39. The topological polar surface area (TPSA) is 58.1 Å². The average Bonchev–Trinajstić information content (AvgIpc) is 3.29. The molecule has 1 aliphatic heterocycles. The summed E-state index contributed by atoms with van der Waals surface area (Å²) in [5.74, 6) is 2.28. The molecule has 0 bridgehead atoms. The van der Waals surface area contributed by atoms with Gasteiger partial charge in [0, 0.05) is 38.2 Å². The van der Waals surface area contributed by atoms with Crippen LogP contribution in [0.25, 0.3) is 0 Å². The number of methoxy groups -OCH3 is 1. The van der Waals surface area contributed by atoms with Crippen LogP contribution in [0.5, 0.6) is 5.75 Å². The van der Waals surface area contributed by atoms with Gasteiger partial charge in [-0.2, -0.15) is 0 Å². The predicted molar refractivity (Wildman–Crippen MR) is 124 cm³/mol. The molecule has 1 aromatic carbocycles. The highest BCUT2D eigenvalue weighted by Crippen LogP contribution is 2.36. The van der Waals surface area contributed by atoms with Gasteiger partial charge >= 0.3 is 0 Å². The molecule has 2 aromatic rings. The summed E-state index contributed by atoms with van der Waals surface area (Å²) in [4.78, 5) is 8.36. The van der Waals surface area contributed by atoms with Crippen molar-refractivity contribution < 1.29 is 9.47 Å². The minimum atomic E-state index is 0.481. The van der Waals surface area contributed by atoms with Crippen molar-refractivity contribution >= 4 is 17.3 Å². The monoisotopic (exact) mass is 430 g/mol. The van der Waals surface area contributed by atoms with Gasteiger partial charge in [-0.25, -0.2) is 0 Å². The molecule has 1 saturated heterocycles. The summed E-state index contributed by atoms with van der Waals surface area (Å²) in [6.45, 7) is 3.95. The number of ether oxygens (including phenoxy) is 2. The van der Waals surface area contributed by atoms with E-state index in [1.807, 2.05) is 30.5 Å². The summed E-state index contributed by atoms with van der Waals surface area (Å²) in [6, 6.07) is 13.0. The number of piperidine rings is 1. The fourth-order valence-corrected chi connectivity index (χ4v) is 4.95. The van der Waals surface area contributed by atoms with Crippen molar-refractivity contribution in [1.82, 2.24) is 15.5 Å². The quantitative estimate of drug-likeness (QED) is 0.362. The smallest absolute Gasteiger partial charge is 0.191 e. The summed E-state index contributed by atoms with van der Waals surface area (Å²) in [5.41, 5.74) is 1.19. The summed E-state index contributed by atoms with van der Waals surface area (Å²) in [6.07, 6.45) is 2.48. The van der Waals surface area contributed by atoms with Crippen molar-refractivity contribution in [1.29, 1.82) is 0 Å². The normalized spacial score (nSPS) is 20.2. The van der Waals surface area contributed by atoms with Crippen molar-refractivity contribution in [3.8, 4) is 5.75 Å². The molecule has 6 nitrogen and oxygen atoms in total. The number of hydrogen-bond donors (Lipinski definition) is 2. The highest BCUT2D eigenvalue weighted by Gasteiger charge is 2.31. The van der Waals surface area contributed by atoms with E-state index >= 15 is 0 Å². The van der Waals surface area contributed by atoms with Crippen LogP contribution in [0.15, 0.2) is 46.8 Å². The minimum Gasteiger partial charge on any atom is -0.491 e. The van der Waals surface area contributed by atoms with E-state index in [2.05, 4.69) is 57.2 Å². The number of hydrogen-bond acceptors (Lipinski definition) is 5. The number of benzene rings is 1. The summed E-state index contributed by atoms with van der Waals surface area (Å²) >= 11 is 1.86. The highest BCUT2D eigenvalue weighted by atomic mass is 32.1. The largest absolute Gasteiger partial charge is 0.491 e. The van der Waals surface area contributed by atoms with Gasteiger partial charge in [0.25, 0.3) is 0 Å². The first-order chi connectivity index (χ1) is 14.7. The molecule has 30 heavy (non-hydrogen) atoms. The highest BCUT2D eigenvalue weighted by molar-refractivity contribution is 7.10. The summed E-state index contributed by atoms with van der Waals surface area (Å²) in [5, 5.41) is 9.15. The van der Waals surface area contributed by atoms with Gasteiger partial charge in [0.1, 0.15) is 12.4 Å². The second-order valence-electron chi connectivity index (χ2n) is 7.64. The van der Waals surface area contributed by atoms with Gasteiger partial charge in [0.05, 0.1) is 6.61 Å². The molecule has 3 rings (SSSR count). The van der Waals surface area contributed by atoms with E-state index in [0.29, 0.717) is 25.2 Å². The van der Waals surface area contributed by atoms with E-state index in [4.69, 9.17) is 9.47 Å². The third-order valence-electron chi connectivity index (χ3n) is 5.54. The maximum Gasteiger partial charge on any atom is 0.191 e. The van der Waals surface area contributed by atoms with Gasteiger partial charge < -0.3 is 20.1 Å². The fourth-order valence-electron chi connectivity index (χ4n) is 3.96. The molecule has 2 heterocycles. The number of nitrogens with zero attached hydrogens (tertiary/aromatic N) is 2. The molecule has 2 atom stereocenters. The zero-order valence-corrected chi connectivity index (χ0v) is 19.1. The van der Waals surface area contributed by atoms with E-state index in [9.17, 15) is 0 Å². The molecule has 0 amide bonds. The van der Waals surface area contributed by atoms with Gasteiger partial charge in [-0.3, -0.25) is 9.89 Å². The molecule has 164 valence electrons. The fraction of sp³-hybridized carbons (Fsp3) is 0.522. The minimum absolute atomic E-state index is 0.481. The molecule has 0 saturated carbocycles. The molecule has 1 aliphatic rings. The lowest BCUT2D eigenvalue weighted by molar-refractivity contribution is 0.125. The second kappa shape index (κ2) is 11.9. The van der Waals surface area contributed by atoms with Gasteiger partial charge in [-0.15, -0.1) is 11.3 Å². The average molecular weight is 431 g/mol. The standard InChI is InChI=1S/C23H34N4O2S/c1-24-23(25-16-18-8-10-20(11-9-18)29-14-13-28-3)26-17-19-6-4-12-27(2)22(19)21-7-5-15-30-21/h5,7-11,15,19,22H,4,6,12-14,16-17H2,1-3H3,(H2,24,25,26). The molecule has 1 aromatic heterocycles. The Kier molecular flexibility index (Phi) is 8.99. The first kappa shape index (κ1) is 22.6. The van der Waals surface area contributed by atoms with Crippen LogP contribution in [0, 0.1) is 5.92 Å².